The van der Waals surface area contributed by atoms with E-state index in [0.29, 0.717) is 0 Å². The second-order valence-corrected chi connectivity index (χ2v) is 7.47. The summed E-state index contributed by atoms with van der Waals surface area (Å²) in [7, 11) is 0. The average molecular weight is 365 g/mol. The molecule has 1 aliphatic heterocycles. The van der Waals surface area contributed by atoms with Gasteiger partial charge in [0.2, 0.25) is 5.89 Å². The molecule has 1 fully saturated rings. The molecule has 0 unspecified atom stereocenters. The van der Waals surface area contributed by atoms with E-state index in [1.807, 2.05) is 24.3 Å². The lowest BCUT2D eigenvalue weighted by molar-refractivity contribution is 0.175. The molecule has 0 amide bonds. The Morgan fingerprint density at radius 2 is 1.88 bits per heavy atom. The summed E-state index contributed by atoms with van der Waals surface area (Å²) < 4.78 is 7.13. The standard InChI is InChI=1S/C19H19N5OS/c1-13(19-22-14-4-2-3-5-16(14)25-19)23-7-9-24(10-8-23)18-17-15(6-11-26-17)20-12-21-18/h2-6,11-13H,7-10H2,1H3/t13-/m1/s1. The highest BCUT2D eigenvalue weighted by Crippen LogP contribution is 2.30. The van der Waals surface area contributed by atoms with Crippen LogP contribution in [0.25, 0.3) is 21.3 Å². The van der Waals surface area contributed by atoms with Crippen LogP contribution < -0.4 is 4.90 Å². The lowest BCUT2D eigenvalue weighted by Crippen LogP contribution is -2.47. The molecule has 1 aromatic carbocycles. The fourth-order valence-electron chi connectivity index (χ4n) is 3.55. The molecule has 5 rings (SSSR count). The Labute approximate surface area is 155 Å². The maximum absolute atomic E-state index is 5.96. The fraction of sp³-hybridized carbons (Fsp3) is 0.316. The Bertz CT molecular complexity index is 1020. The molecule has 0 bridgehead atoms. The van der Waals surface area contributed by atoms with Gasteiger partial charge in [-0.15, -0.1) is 11.3 Å². The lowest BCUT2D eigenvalue weighted by atomic mass is 10.2. The van der Waals surface area contributed by atoms with Gasteiger partial charge in [-0.1, -0.05) is 12.1 Å². The normalized spacial score (nSPS) is 17.2. The number of oxazole rings is 1. The smallest absolute Gasteiger partial charge is 0.212 e. The number of thiophene rings is 1. The number of rotatable bonds is 3. The van der Waals surface area contributed by atoms with Crippen LogP contribution in [0.15, 0.2) is 46.5 Å². The Morgan fingerprint density at radius 1 is 1.04 bits per heavy atom. The number of piperazine rings is 1. The molecule has 1 atom stereocenters. The van der Waals surface area contributed by atoms with Gasteiger partial charge < -0.3 is 9.32 Å². The molecule has 7 heteroatoms. The molecule has 4 aromatic rings. The summed E-state index contributed by atoms with van der Waals surface area (Å²) in [6, 6.07) is 10.2. The Morgan fingerprint density at radius 3 is 2.73 bits per heavy atom. The maximum Gasteiger partial charge on any atom is 0.212 e. The lowest BCUT2D eigenvalue weighted by Gasteiger charge is -2.37. The third kappa shape index (κ3) is 2.64. The van der Waals surface area contributed by atoms with Gasteiger partial charge in [-0.05, 0) is 30.5 Å². The van der Waals surface area contributed by atoms with Crippen LogP contribution in [0.5, 0.6) is 0 Å². The number of hydrogen-bond donors (Lipinski definition) is 0. The van der Waals surface area contributed by atoms with E-state index in [1.54, 1.807) is 17.7 Å². The van der Waals surface area contributed by atoms with E-state index in [4.69, 9.17) is 4.42 Å². The van der Waals surface area contributed by atoms with Gasteiger partial charge in [-0.25, -0.2) is 15.0 Å². The van der Waals surface area contributed by atoms with Crippen molar-refractivity contribution >= 4 is 38.5 Å². The highest BCUT2D eigenvalue weighted by Gasteiger charge is 2.26. The molecule has 0 N–H and O–H groups in total. The number of aromatic nitrogens is 3. The number of para-hydroxylation sites is 2. The first-order valence-corrected chi connectivity index (χ1v) is 9.70. The minimum atomic E-state index is 0.164. The predicted octanol–water partition coefficient (Wildman–Crippen LogP) is 3.72. The van der Waals surface area contributed by atoms with Crippen LogP contribution in [0.1, 0.15) is 18.9 Å². The molecule has 1 aliphatic rings. The summed E-state index contributed by atoms with van der Waals surface area (Å²) in [5.41, 5.74) is 2.81. The Hall–Kier alpha value is -2.51. The van der Waals surface area contributed by atoms with Crippen molar-refractivity contribution in [3.8, 4) is 0 Å². The van der Waals surface area contributed by atoms with Crippen molar-refractivity contribution in [2.45, 2.75) is 13.0 Å². The van der Waals surface area contributed by atoms with Crippen LogP contribution in [0, 0.1) is 0 Å². The van der Waals surface area contributed by atoms with Crippen LogP contribution in [0.3, 0.4) is 0 Å². The first kappa shape index (κ1) is 15.7. The molecule has 0 spiro atoms. The second kappa shape index (κ2) is 6.34. The topological polar surface area (TPSA) is 58.3 Å². The van der Waals surface area contributed by atoms with Crippen LogP contribution in [0.4, 0.5) is 5.82 Å². The van der Waals surface area contributed by atoms with Gasteiger partial charge in [0.05, 0.1) is 16.3 Å². The molecule has 132 valence electrons. The van der Waals surface area contributed by atoms with Gasteiger partial charge in [0, 0.05) is 26.2 Å². The second-order valence-electron chi connectivity index (χ2n) is 6.55. The molecular weight excluding hydrogens is 346 g/mol. The zero-order valence-electron chi connectivity index (χ0n) is 14.5. The molecule has 26 heavy (non-hydrogen) atoms. The number of anilines is 1. The zero-order valence-corrected chi connectivity index (χ0v) is 15.3. The van der Waals surface area contributed by atoms with Gasteiger partial charge in [-0.2, -0.15) is 0 Å². The number of hydrogen-bond acceptors (Lipinski definition) is 7. The van der Waals surface area contributed by atoms with E-state index in [9.17, 15) is 0 Å². The van der Waals surface area contributed by atoms with Gasteiger partial charge in [0.15, 0.2) is 5.58 Å². The number of nitrogens with zero attached hydrogens (tertiary/aromatic N) is 5. The monoisotopic (exact) mass is 365 g/mol. The predicted molar refractivity (Wildman–Crippen MR) is 104 cm³/mol. The van der Waals surface area contributed by atoms with Crippen LogP contribution in [0.2, 0.25) is 0 Å². The van der Waals surface area contributed by atoms with E-state index in [-0.39, 0.29) is 6.04 Å². The molecule has 1 saturated heterocycles. The van der Waals surface area contributed by atoms with Gasteiger partial charge in [0.1, 0.15) is 17.7 Å². The van der Waals surface area contributed by atoms with Crippen molar-refractivity contribution in [1.29, 1.82) is 0 Å². The summed E-state index contributed by atoms with van der Waals surface area (Å²) >= 11 is 1.71. The third-order valence-electron chi connectivity index (χ3n) is 5.05. The van der Waals surface area contributed by atoms with E-state index in [1.165, 1.54) is 4.70 Å². The van der Waals surface area contributed by atoms with E-state index in [2.05, 4.69) is 43.1 Å². The van der Waals surface area contributed by atoms with Crippen LogP contribution >= 0.6 is 11.3 Å². The molecule has 6 nitrogen and oxygen atoms in total. The third-order valence-corrected chi connectivity index (χ3v) is 5.95. The zero-order chi connectivity index (χ0) is 17.5. The van der Waals surface area contributed by atoms with Crippen molar-refractivity contribution in [1.82, 2.24) is 19.9 Å². The van der Waals surface area contributed by atoms with E-state index in [0.717, 1.165) is 54.5 Å². The Balaban J connectivity index is 1.33. The molecule has 3 aromatic heterocycles. The molecular formula is C19H19N5OS. The van der Waals surface area contributed by atoms with Gasteiger partial charge >= 0.3 is 0 Å². The van der Waals surface area contributed by atoms with Crippen molar-refractivity contribution in [3.05, 3.63) is 47.9 Å². The largest absolute Gasteiger partial charge is 0.439 e. The van der Waals surface area contributed by atoms with Crippen molar-refractivity contribution in [2.75, 3.05) is 31.1 Å². The molecule has 0 radical (unpaired) electrons. The first-order chi connectivity index (χ1) is 12.8. The summed E-state index contributed by atoms with van der Waals surface area (Å²) in [6.45, 7) is 5.96. The maximum atomic E-state index is 5.96. The average Bonchev–Trinajstić information content (AvgIpc) is 3.34. The van der Waals surface area contributed by atoms with Crippen LogP contribution in [-0.2, 0) is 0 Å². The highest BCUT2D eigenvalue weighted by atomic mass is 32.1. The van der Waals surface area contributed by atoms with Crippen LogP contribution in [-0.4, -0.2) is 46.0 Å². The fourth-order valence-corrected chi connectivity index (χ4v) is 4.41. The molecule has 0 aliphatic carbocycles. The summed E-state index contributed by atoms with van der Waals surface area (Å²) in [5, 5.41) is 2.08. The van der Waals surface area contributed by atoms with E-state index < -0.39 is 0 Å². The Kier molecular flexibility index (Phi) is 3.83. The number of benzene rings is 1. The minimum absolute atomic E-state index is 0.164. The van der Waals surface area contributed by atoms with Crippen molar-refractivity contribution < 1.29 is 4.42 Å². The minimum Gasteiger partial charge on any atom is -0.439 e. The van der Waals surface area contributed by atoms with Gasteiger partial charge in [-0.3, -0.25) is 4.90 Å². The number of fused-ring (bicyclic) bond motifs is 2. The first-order valence-electron chi connectivity index (χ1n) is 8.82. The summed E-state index contributed by atoms with van der Waals surface area (Å²) in [5.74, 6) is 1.85. The summed E-state index contributed by atoms with van der Waals surface area (Å²) in [6.07, 6.45) is 1.66. The quantitative estimate of drug-likeness (QED) is 0.552. The highest BCUT2D eigenvalue weighted by molar-refractivity contribution is 7.17. The van der Waals surface area contributed by atoms with Crippen molar-refractivity contribution in [2.24, 2.45) is 0 Å². The summed E-state index contributed by atoms with van der Waals surface area (Å²) in [4.78, 5) is 18.3. The van der Waals surface area contributed by atoms with E-state index >= 15 is 0 Å². The SMILES string of the molecule is C[C@H](c1nc2ccccc2o1)N1CCN(c2ncnc3ccsc23)CC1. The van der Waals surface area contributed by atoms with Crippen molar-refractivity contribution in [3.63, 3.8) is 0 Å². The molecule has 0 saturated carbocycles. The molecule has 4 heterocycles. The van der Waals surface area contributed by atoms with Gasteiger partial charge in [0.25, 0.3) is 0 Å².